The van der Waals surface area contributed by atoms with Gasteiger partial charge in [-0.3, -0.25) is 9.48 Å². The van der Waals surface area contributed by atoms with Crippen molar-refractivity contribution in [1.82, 2.24) is 9.78 Å². The van der Waals surface area contributed by atoms with E-state index in [2.05, 4.69) is 10.4 Å². The number of benzene rings is 1. The molecule has 1 amide bonds. The van der Waals surface area contributed by atoms with Gasteiger partial charge in [0.2, 0.25) is 5.91 Å². The number of nitrogens with zero attached hydrogens (tertiary/aromatic N) is 2. The van der Waals surface area contributed by atoms with Crippen molar-refractivity contribution in [1.29, 1.82) is 0 Å². The summed E-state index contributed by atoms with van der Waals surface area (Å²) in [5.41, 5.74) is 6.85. The summed E-state index contributed by atoms with van der Waals surface area (Å²) in [5, 5.41) is 8.36. The molecule has 2 atom stereocenters. The Balaban J connectivity index is 1.80. The number of aromatic nitrogens is 2. The maximum absolute atomic E-state index is 12.8. The van der Waals surface area contributed by atoms with Crippen molar-refractivity contribution in [3.63, 3.8) is 0 Å². The molecule has 3 rings (SSSR count). The molecule has 2 aromatic rings. The van der Waals surface area contributed by atoms with E-state index >= 15 is 0 Å². The molecule has 0 saturated heterocycles. The fourth-order valence-corrected chi connectivity index (χ4v) is 3.46. The van der Waals surface area contributed by atoms with Crippen LogP contribution in [0, 0.1) is 5.41 Å². The molecular formula is C18H26N4O2. The van der Waals surface area contributed by atoms with Gasteiger partial charge in [-0.15, -0.1) is 0 Å². The summed E-state index contributed by atoms with van der Waals surface area (Å²) >= 11 is 0. The van der Waals surface area contributed by atoms with Gasteiger partial charge in [0.05, 0.1) is 17.8 Å². The van der Waals surface area contributed by atoms with E-state index in [-0.39, 0.29) is 12.0 Å². The Morgan fingerprint density at radius 2 is 2.21 bits per heavy atom. The Labute approximate surface area is 142 Å². The van der Waals surface area contributed by atoms with Crippen LogP contribution in [0.4, 0.5) is 5.69 Å². The molecule has 3 N–H and O–H groups in total. The zero-order valence-corrected chi connectivity index (χ0v) is 14.8. The van der Waals surface area contributed by atoms with Crippen LogP contribution >= 0.6 is 0 Å². The number of nitrogens with one attached hydrogen (secondary N) is 1. The highest BCUT2D eigenvalue weighted by atomic mass is 16.5. The third-order valence-corrected chi connectivity index (χ3v) is 5.44. The topological polar surface area (TPSA) is 82.2 Å². The van der Waals surface area contributed by atoms with Crippen molar-refractivity contribution in [2.45, 2.75) is 52.3 Å². The number of anilines is 1. The molecule has 6 heteroatoms. The van der Waals surface area contributed by atoms with Gasteiger partial charge in [0, 0.05) is 36.1 Å². The van der Waals surface area contributed by atoms with E-state index < -0.39 is 11.0 Å². The van der Waals surface area contributed by atoms with Crippen molar-refractivity contribution < 1.29 is 9.53 Å². The van der Waals surface area contributed by atoms with Gasteiger partial charge in [-0.25, -0.2) is 0 Å². The van der Waals surface area contributed by atoms with Crippen molar-refractivity contribution in [2.75, 3.05) is 11.9 Å². The summed E-state index contributed by atoms with van der Waals surface area (Å²) in [7, 11) is 0. The number of rotatable bonds is 5. The molecule has 0 spiro atoms. The first kappa shape index (κ1) is 16.9. The van der Waals surface area contributed by atoms with E-state index in [0.717, 1.165) is 23.1 Å². The van der Waals surface area contributed by atoms with Crippen LogP contribution in [0.5, 0.6) is 0 Å². The average Bonchev–Trinajstić information content (AvgIpc) is 2.96. The standard InChI is InChI=1S/C18H26N4O2/c1-5-22-14-9-13(8-7-12(14)11-20-22)21-16(23)18(19)10-15(24-6-2)17(18,3)4/h7-9,11,15H,5-6,10,19H2,1-4H3,(H,21,23). The molecular weight excluding hydrogens is 304 g/mol. The number of carbonyl (C=O) groups is 1. The average molecular weight is 330 g/mol. The van der Waals surface area contributed by atoms with Gasteiger partial charge in [0.25, 0.3) is 0 Å². The normalized spacial score (nSPS) is 25.5. The van der Waals surface area contributed by atoms with Crippen LogP contribution in [-0.2, 0) is 16.1 Å². The summed E-state index contributed by atoms with van der Waals surface area (Å²) in [4.78, 5) is 12.8. The quantitative estimate of drug-likeness (QED) is 0.882. The van der Waals surface area contributed by atoms with Crippen molar-refractivity contribution in [2.24, 2.45) is 11.1 Å². The van der Waals surface area contributed by atoms with Crippen LogP contribution in [0.25, 0.3) is 10.9 Å². The third-order valence-electron chi connectivity index (χ3n) is 5.44. The number of carbonyl (C=O) groups excluding carboxylic acids is 1. The molecule has 1 heterocycles. The van der Waals surface area contributed by atoms with Gasteiger partial charge >= 0.3 is 0 Å². The monoisotopic (exact) mass is 330 g/mol. The zero-order chi connectivity index (χ0) is 17.5. The lowest BCUT2D eigenvalue weighted by molar-refractivity contribution is -0.166. The first-order chi connectivity index (χ1) is 11.3. The van der Waals surface area contributed by atoms with Gasteiger partial charge in [0.1, 0.15) is 5.54 Å². The first-order valence-corrected chi connectivity index (χ1v) is 8.51. The molecule has 1 aromatic heterocycles. The molecule has 1 fully saturated rings. The predicted octanol–water partition coefficient (Wildman–Crippen LogP) is 2.53. The van der Waals surface area contributed by atoms with E-state index in [1.165, 1.54) is 0 Å². The zero-order valence-electron chi connectivity index (χ0n) is 14.8. The molecule has 1 aromatic carbocycles. The van der Waals surface area contributed by atoms with Crippen molar-refractivity contribution >= 4 is 22.5 Å². The second kappa shape index (κ2) is 5.86. The Morgan fingerprint density at radius 1 is 1.46 bits per heavy atom. The lowest BCUT2D eigenvalue weighted by Gasteiger charge is -2.57. The largest absolute Gasteiger partial charge is 0.378 e. The van der Waals surface area contributed by atoms with E-state index in [9.17, 15) is 4.79 Å². The number of hydrogen-bond acceptors (Lipinski definition) is 4. The maximum atomic E-state index is 12.8. The Bertz CT molecular complexity index is 767. The molecule has 0 bridgehead atoms. The van der Waals surface area contributed by atoms with Crippen LogP contribution in [0.2, 0.25) is 0 Å². The molecule has 1 aliphatic rings. The van der Waals surface area contributed by atoms with Crippen LogP contribution in [0.15, 0.2) is 24.4 Å². The molecule has 0 radical (unpaired) electrons. The molecule has 0 aliphatic heterocycles. The van der Waals surface area contributed by atoms with Gasteiger partial charge in [-0.05, 0) is 32.0 Å². The van der Waals surface area contributed by atoms with Crippen molar-refractivity contribution in [3.05, 3.63) is 24.4 Å². The second-order valence-corrected chi connectivity index (χ2v) is 7.03. The third kappa shape index (κ3) is 2.41. The predicted molar refractivity (Wildman–Crippen MR) is 94.8 cm³/mol. The number of nitrogens with two attached hydrogens (primary N) is 1. The first-order valence-electron chi connectivity index (χ1n) is 8.51. The summed E-state index contributed by atoms with van der Waals surface area (Å²) < 4.78 is 7.60. The molecule has 1 aliphatic carbocycles. The summed E-state index contributed by atoms with van der Waals surface area (Å²) in [5.74, 6) is -0.162. The minimum Gasteiger partial charge on any atom is -0.378 e. The summed E-state index contributed by atoms with van der Waals surface area (Å²) in [6.07, 6.45) is 2.38. The van der Waals surface area contributed by atoms with Crippen LogP contribution in [-0.4, -0.2) is 33.9 Å². The van der Waals surface area contributed by atoms with E-state index in [1.54, 1.807) is 0 Å². The maximum Gasteiger partial charge on any atom is 0.245 e. The minimum atomic E-state index is -0.924. The SMILES string of the molecule is CCOC1CC(N)(C(=O)Nc2ccc3cnn(CC)c3c2)C1(C)C. The molecule has 2 unspecified atom stereocenters. The number of aryl methyl sites for hydroxylation is 1. The minimum absolute atomic E-state index is 0.0160. The molecule has 130 valence electrons. The number of hydrogen-bond donors (Lipinski definition) is 2. The van der Waals surface area contributed by atoms with Gasteiger partial charge in [-0.2, -0.15) is 5.10 Å². The van der Waals surface area contributed by atoms with E-state index in [1.807, 2.05) is 56.8 Å². The van der Waals surface area contributed by atoms with Gasteiger partial charge < -0.3 is 15.8 Å². The highest BCUT2D eigenvalue weighted by molar-refractivity contribution is 6.01. The highest BCUT2D eigenvalue weighted by Crippen LogP contribution is 2.50. The van der Waals surface area contributed by atoms with Gasteiger partial charge in [-0.1, -0.05) is 13.8 Å². The molecule has 1 saturated carbocycles. The van der Waals surface area contributed by atoms with E-state index in [0.29, 0.717) is 13.0 Å². The molecule has 6 nitrogen and oxygen atoms in total. The Hall–Kier alpha value is -1.92. The van der Waals surface area contributed by atoms with Gasteiger partial charge in [0.15, 0.2) is 0 Å². The van der Waals surface area contributed by atoms with Crippen molar-refractivity contribution in [3.8, 4) is 0 Å². The second-order valence-electron chi connectivity index (χ2n) is 7.03. The summed E-state index contributed by atoms with van der Waals surface area (Å²) in [6.45, 7) is 9.39. The highest BCUT2D eigenvalue weighted by Gasteiger charge is 2.62. The molecule has 24 heavy (non-hydrogen) atoms. The number of ether oxygens (including phenoxy) is 1. The van der Waals surface area contributed by atoms with Crippen LogP contribution < -0.4 is 11.1 Å². The number of amides is 1. The number of fused-ring (bicyclic) bond motifs is 1. The fourth-order valence-electron chi connectivity index (χ4n) is 3.46. The lowest BCUT2D eigenvalue weighted by Crippen LogP contribution is -2.74. The lowest BCUT2D eigenvalue weighted by atomic mass is 9.54. The van der Waals surface area contributed by atoms with E-state index in [4.69, 9.17) is 10.5 Å². The summed E-state index contributed by atoms with van der Waals surface area (Å²) in [6, 6.07) is 5.79. The smallest absolute Gasteiger partial charge is 0.245 e. The Kier molecular flexibility index (Phi) is 4.13. The van der Waals surface area contributed by atoms with Crippen LogP contribution in [0.1, 0.15) is 34.1 Å². The Morgan fingerprint density at radius 3 is 2.83 bits per heavy atom. The van der Waals surface area contributed by atoms with Crippen LogP contribution in [0.3, 0.4) is 0 Å². The fraction of sp³-hybridized carbons (Fsp3) is 0.556.